The molecule has 2 unspecified atom stereocenters. The molecule has 0 saturated heterocycles. The Balaban J connectivity index is 2.50. The van der Waals surface area contributed by atoms with Crippen LogP contribution in [0.3, 0.4) is 0 Å². The average Bonchev–Trinajstić information content (AvgIpc) is 2.42. The molecule has 1 rings (SSSR count). The Kier molecular flexibility index (Phi) is 5.92. The number of pyridine rings is 1. The van der Waals surface area contributed by atoms with Gasteiger partial charge in [-0.2, -0.15) is 0 Å². The SMILES string of the molecule is COc1ccc(C(O)C(O)CNC(=O)OC(C)(C)C)nc1. The summed E-state index contributed by atoms with van der Waals surface area (Å²) in [7, 11) is 1.51. The normalized spacial score (nSPS) is 14.2. The van der Waals surface area contributed by atoms with Gasteiger partial charge in [0.05, 0.1) is 19.0 Å². The first-order chi connectivity index (χ1) is 9.73. The summed E-state index contributed by atoms with van der Waals surface area (Å²) >= 11 is 0. The van der Waals surface area contributed by atoms with Crippen LogP contribution in [0.15, 0.2) is 18.3 Å². The summed E-state index contributed by atoms with van der Waals surface area (Å²) in [6, 6.07) is 3.17. The van der Waals surface area contributed by atoms with Crippen LogP contribution in [-0.2, 0) is 4.74 Å². The number of hydrogen-bond donors (Lipinski definition) is 3. The zero-order valence-electron chi connectivity index (χ0n) is 12.7. The van der Waals surface area contributed by atoms with Gasteiger partial charge in [0.25, 0.3) is 0 Å². The molecule has 0 bridgehead atoms. The predicted octanol–water partition coefficient (Wildman–Crippen LogP) is 1.01. The maximum Gasteiger partial charge on any atom is 0.407 e. The van der Waals surface area contributed by atoms with Crippen LogP contribution in [0.5, 0.6) is 5.75 Å². The Bertz CT molecular complexity index is 455. The zero-order chi connectivity index (χ0) is 16.0. The lowest BCUT2D eigenvalue weighted by atomic mass is 10.1. The van der Waals surface area contributed by atoms with Crippen molar-refractivity contribution in [1.82, 2.24) is 10.3 Å². The molecule has 0 aliphatic carbocycles. The standard InChI is InChI=1S/C14H22N2O5/c1-14(2,3)21-13(19)16-8-11(17)12(18)10-6-5-9(20-4)7-15-10/h5-7,11-12,17-18H,8H2,1-4H3,(H,16,19). The summed E-state index contributed by atoms with van der Waals surface area (Å²) in [5, 5.41) is 22.2. The molecular formula is C14H22N2O5. The number of ether oxygens (including phenoxy) is 2. The number of alkyl carbamates (subject to hydrolysis) is 1. The van der Waals surface area contributed by atoms with Crippen molar-refractivity contribution in [3.63, 3.8) is 0 Å². The molecular weight excluding hydrogens is 276 g/mol. The number of aromatic nitrogens is 1. The number of carbonyl (C=O) groups excluding carboxylic acids is 1. The van der Waals surface area contributed by atoms with E-state index in [4.69, 9.17) is 9.47 Å². The summed E-state index contributed by atoms with van der Waals surface area (Å²) in [4.78, 5) is 15.4. The third kappa shape index (κ3) is 5.97. The highest BCUT2D eigenvalue weighted by Crippen LogP contribution is 2.17. The van der Waals surface area contributed by atoms with Gasteiger partial charge in [0, 0.05) is 6.54 Å². The van der Waals surface area contributed by atoms with E-state index in [1.54, 1.807) is 32.9 Å². The Morgan fingerprint density at radius 3 is 2.52 bits per heavy atom. The van der Waals surface area contributed by atoms with Crippen molar-refractivity contribution in [2.75, 3.05) is 13.7 Å². The number of hydrogen-bond acceptors (Lipinski definition) is 6. The largest absolute Gasteiger partial charge is 0.495 e. The second-order valence-electron chi connectivity index (χ2n) is 5.52. The van der Waals surface area contributed by atoms with E-state index in [-0.39, 0.29) is 12.2 Å². The minimum absolute atomic E-state index is 0.149. The number of nitrogens with zero attached hydrogens (tertiary/aromatic N) is 1. The van der Waals surface area contributed by atoms with Gasteiger partial charge in [0.15, 0.2) is 0 Å². The highest BCUT2D eigenvalue weighted by atomic mass is 16.6. The maximum absolute atomic E-state index is 11.4. The Morgan fingerprint density at radius 1 is 1.38 bits per heavy atom. The fourth-order valence-corrected chi connectivity index (χ4v) is 1.50. The van der Waals surface area contributed by atoms with Gasteiger partial charge >= 0.3 is 6.09 Å². The van der Waals surface area contributed by atoms with Crippen molar-refractivity contribution in [2.45, 2.75) is 38.6 Å². The maximum atomic E-state index is 11.4. The van der Waals surface area contributed by atoms with Gasteiger partial charge in [-0.05, 0) is 32.9 Å². The van der Waals surface area contributed by atoms with Crippen molar-refractivity contribution in [1.29, 1.82) is 0 Å². The first-order valence-electron chi connectivity index (χ1n) is 6.56. The molecule has 21 heavy (non-hydrogen) atoms. The predicted molar refractivity (Wildman–Crippen MR) is 76.0 cm³/mol. The van der Waals surface area contributed by atoms with Crippen molar-refractivity contribution >= 4 is 6.09 Å². The second-order valence-corrected chi connectivity index (χ2v) is 5.52. The van der Waals surface area contributed by atoms with Crippen LogP contribution in [0.2, 0.25) is 0 Å². The molecule has 1 aromatic rings. The lowest BCUT2D eigenvalue weighted by molar-refractivity contribution is 0.0108. The molecule has 0 fully saturated rings. The molecule has 0 aromatic carbocycles. The summed E-state index contributed by atoms with van der Waals surface area (Å²) in [5.41, 5.74) is -0.333. The van der Waals surface area contributed by atoms with Gasteiger partial charge in [-0.15, -0.1) is 0 Å². The monoisotopic (exact) mass is 298 g/mol. The Labute approximate surface area is 123 Å². The van der Waals surface area contributed by atoms with Crippen LogP contribution >= 0.6 is 0 Å². The van der Waals surface area contributed by atoms with Crippen LogP contribution in [0.1, 0.15) is 32.6 Å². The molecule has 0 aliphatic heterocycles. The fourth-order valence-electron chi connectivity index (χ4n) is 1.50. The molecule has 0 saturated carbocycles. The van der Waals surface area contributed by atoms with E-state index in [9.17, 15) is 15.0 Å². The first kappa shape index (κ1) is 17.2. The number of methoxy groups -OCH3 is 1. The minimum Gasteiger partial charge on any atom is -0.495 e. The molecule has 0 radical (unpaired) electrons. The number of aliphatic hydroxyl groups is 2. The Hall–Kier alpha value is -1.86. The third-order valence-electron chi connectivity index (χ3n) is 2.52. The summed E-state index contributed by atoms with van der Waals surface area (Å²) in [6.45, 7) is 5.06. The topological polar surface area (TPSA) is 101 Å². The average molecular weight is 298 g/mol. The molecule has 7 nitrogen and oxygen atoms in total. The summed E-state index contributed by atoms with van der Waals surface area (Å²) < 4.78 is 9.98. The van der Waals surface area contributed by atoms with Gasteiger partial charge in [-0.3, -0.25) is 4.98 Å². The molecule has 0 spiro atoms. The van der Waals surface area contributed by atoms with E-state index >= 15 is 0 Å². The molecule has 1 aromatic heterocycles. The van der Waals surface area contributed by atoms with E-state index in [1.807, 2.05) is 0 Å². The van der Waals surface area contributed by atoms with Crippen molar-refractivity contribution in [3.8, 4) is 5.75 Å². The van der Waals surface area contributed by atoms with Crippen LogP contribution in [0.4, 0.5) is 4.79 Å². The quantitative estimate of drug-likeness (QED) is 0.750. The van der Waals surface area contributed by atoms with E-state index in [0.717, 1.165) is 0 Å². The van der Waals surface area contributed by atoms with Crippen LogP contribution in [0.25, 0.3) is 0 Å². The second kappa shape index (κ2) is 7.24. The minimum atomic E-state index is -1.22. The molecule has 7 heteroatoms. The van der Waals surface area contributed by atoms with Gasteiger partial charge in [0.1, 0.15) is 23.6 Å². The van der Waals surface area contributed by atoms with Crippen LogP contribution in [0, 0.1) is 0 Å². The van der Waals surface area contributed by atoms with E-state index in [2.05, 4.69) is 10.3 Å². The lowest BCUT2D eigenvalue weighted by Gasteiger charge is -2.22. The smallest absolute Gasteiger partial charge is 0.407 e. The zero-order valence-corrected chi connectivity index (χ0v) is 12.7. The highest BCUT2D eigenvalue weighted by Gasteiger charge is 2.22. The number of nitrogens with one attached hydrogen (secondary N) is 1. The van der Waals surface area contributed by atoms with E-state index in [1.165, 1.54) is 13.3 Å². The number of aliphatic hydroxyl groups excluding tert-OH is 2. The van der Waals surface area contributed by atoms with E-state index in [0.29, 0.717) is 5.75 Å². The van der Waals surface area contributed by atoms with Gasteiger partial charge in [-0.25, -0.2) is 4.79 Å². The molecule has 1 amide bonds. The van der Waals surface area contributed by atoms with Gasteiger partial charge < -0.3 is 25.0 Å². The fraction of sp³-hybridized carbons (Fsp3) is 0.571. The van der Waals surface area contributed by atoms with Crippen molar-refractivity contribution in [2.24, 2.45) is 0 Å². The molecule has 0 aliphatic rings. The van der Waals surface area contributed by atoms with E-state index < -0.39 is 23.9 Å². The Morgan fingerprint density at radius 2 is 2.05 bits per heavy atom. The molecule has 1 heterocycles. The summed E-state index contributed by atoms with van der Waals surface area (Å²) in [6.07, 6.45) is -1.63. The molecule has 3 N–H and O–H groups in total. The number of rotatable bonds is 5. The third-order valence-corrected chi connectivity index (χ3v) is 2.52. The highest BCUT2D eigenvalue weighted by molar-refractivity contribution is 5.67. The van der Waals surface area contributed by atoms with Crippen LogP contribution in [-0.4, -0.2) is 46.6 Å². The van der Waals surface area contributed by atoms with Gasteiger partial charge in [0.2, 0.25) is 0 Å². The summed E-state index contributed by atoms with van der Waals surface area (Å²) in [5.74, 6) is 0.548. The lowest BCUT2D eigenvalue weighted by Crippen LogP contribution is -2.39. The molecule has 2 atom stereocenters. The number of amides is 1. The van der Waals surface area contributed by atoms with Crippen LogP contribution < -0.4 is 10.1 Å². The molecule has 118 valence electrons. The van der Waals surface area contributed by atoms with Crippen molar-refractivity contribution in [3.05, 3.63) is 24.0 Å². The van der Waals surface area contributed by atoms with Crippen molar-refractivity contribution < 1.29 is 24.5 Å². The number of carbonyl (C=O) groups is 1. The van der Waals surface area contributed by atoms with Gasteiger partial charge in [-0.1, -0.05) is 0 Å². The first-order valence-corrected chi connectivity index (χ1v) is 6.56.